The first-order valence-electron chi connectivity index (χ1n) is 9.91. The highest BCUT2D eigenvalue weighted by atomic mass is 19.4. The van der Waals surface area contributed by atoms with Crippen LogP contribution in [0.2, 0.25) is 0 Å². The molecule has 1 fully saturated rings. The zero-order chi connectivity index (χ0) is 23.7. The number of halogens is 3. The summed E-state index contributed by atoms with van der Waals surface area (Å²) in [7, 11) is 0. The van der Waals surface area contributed by atoms with E-state index in [1.54, 1.807) is 32.1 Å². The number of pyridine rings is 1. The maximum absolute atomic E-state index is 13.1. The second kappa shape index (κ2) is 8.61. The van der Waals surface area contributed by atoms with Gasteiger partial charge in [0.05, 0.1) is 23.9 Å². The molecule has 170 valence electrons. The number of carbonyl (C=O) groups is 2. The minimum Gasteiger partial charge on any atom is -0.468 e. The highest BCUT2D eigenvalue weighted by Crippen LogP contribution is 2.51. The third-order valence-corrected chi connectivity index (χ3v) is 5.60. The van der Waals surface area contributed by atoms with Crippen LogP contribution < -0.4 is 10.1 Å². The Bertz CT molecular complexity index is 1010. The van der Waals surface area contributed by atoms with E-state index in [2.05, 4.69) is 10.3 Å². The Hall–Kier alpha value is -3.42. The monoisotopic (exact) mass is 449 g/mol. The van der Waals surface area contributed by atoms with Crippen LogP contribution >= 0.6 is 0 Å². The third-order valence-electron chi connectivity index (χ3n) is 5.60. The molecule has 2 aliphatic rings. The van der Waals surface area contributed by atoms with Crippen molar-refractivity contribution in [3.8, 4) is 11.9 Å². The number of amides is 2. The lowest BCUT2D eigenvalue weighted by molar-refractivity contribution is -0.154. The zero-order valence-corrected chi connectivity index (χ0v) is 17.5. The maximum Gasteiger partial charge on any atom is 0.422 e. The summed E-state index contributed by atoms with van der Waals surface area (Å²) >= 11 is 0. The largest absolute Gasteiger partial charge is 0.468 e. The molecule has 0 bridgehead atoms. The molecule has 1 aromatic heterocycles. The van der Waals surface area contributed by atoms with E-state index < -0.39 is 36.1 Å². The van der Waals surface area contributed by atoms with Gasteiger partial charge in [-0.3, -0.25) is 15.0 Å². The number of ether oxygens (including phenoxy) is 1. The normalized spacial score (nSPS) is 19.6. The van der Waals surface area contributed by atoms with E-state index in [0.29, 0.717) is 11.1 Å². The van der Waals surface area contributed by atoms with Crippen LogP contribution in [0.3, 0.4) is 0 Å². The van der Waals surface area contributed by atoms with Gasteiger partial charge in [0.1, 0.15) is 5.71 Å². The number of rotatable bonds is 8. The zero-order valence-electron chi connectivity index (χ0n) is 17.5. The van der Waals surface area contributed by atoms with Crippen molar-refractivity contribution in [2.24, 2.45) is 11.3 Å². The topological polar surface area (TPSA) is 119 Å². The number of aromatic nitrogens is 1. The molecule has 2 amide bonds. The molecule has 2 atom stereocenters. The molecule has 2 N–H and O–H groups in total. The second-order valence-electron chi connectivity index (χ2n) is 7.82. The Kier molecular flexibility index (Phi) is 6.25. The lowest BCUT2D eigenvalue weighted by Crippen LogP contribution is -2.39. The summed E-state index contributed by atoms with van der Waals surface area (Å²) in [6, 6.07) is 3.03. The molecule has 1 aliphatic heterocycles. The van der Waals surface area contributed by atoms with Crippen LogP contribution in [0.1, 0.15) is 30.5 Å². The summed E-state index contributed by atoms with van der Waals surface area (Å²) in [5.74, 6) is -1.67. The Morgan fingerprint density at radius 2 is 2.19 bits per heavy atom. The first kappa shape index (κ1) is 23.2. The minimum atomic E-state index is -4.48. The van der Waals surface area contributed by atoms with Gasteiger partial charge < -0.3 is 15.0 Å². The van der Waals surface area contributed by atoms with Gasteiger partial charge in [0.2, 0.25) is 11.8 Å². The summed E-state index contributed by atoms with van der Waals surface area (Å²) < 4.78 is 41.9. The van der Waals surface area contributed by atoms with Crippen LogP contribution in [0, 0.1) is 35.0 Å². The van der Waals surface area contributed by atoms with Crippen molar-refractivity contribution >= 4 is 17.5 Å². The molecule has 0 aromatic carbocycles. The molecule has 1 aromatic rings. The van der Waals surface area contributed by atoms with E-state index in [1.165, 1.54) is 11.1 Å². The molecular formula is C21H22F3N5O3. The molecule has 1 saturated heterocycles. The average Bonchev–Trinajstić information content (AvgIpc) is 3.47. The lowest BCUT2D eigenvalue weighted by Gasteiger charge is -2.25. The van der Waals surface area contributed by atoms with Crippen molar-refractivity contribution in [3.05, 3.63) is 35.5 Å². The number of alkyl halides is 3. The molecular weight excluding hydrogens is 427 g/mol. The molecule has 3 rings (SSSR count). The van der Waals surface area contributed by atoms with Gasteiger partial charge in [-0.2, -0.15) is 18.4 Å². The first-order chi connectivity index (χ1) is 15.0. The predicted octanol–water partition coefficient (Wildman–Crippen LogP) is 2.46. The summed E-state index contributed by atoms with van der Waals surface area (Å²) in [4.78, 5) is 30.9. The smallest absolute Gasteiger partial charge is 0.422 e. The van der Waals surface area contributed by atoms with E-state index in [0.717, 1.165) is 0 Å². The fraction of sp³-hybridized carbons (Fsp3) is 0.476. The fourth-order valence-corrected chi connectivity index (χ4v) is 3.74. The van der Waals surface area contributed by atoms with Gasteiger partial charge >= 0.3 is 6.18 Å². The lowest BCUT2D eigenvalue weighted by atomic mass is 9.85. The second-order valence-corrected chi connectivity index (χ2v) is 7.82. The molecule has 1 aliphatic carbocycles. The number of hydrogen-bond donors (Lipinski definition) is 2. The summed E-state index contributed by atoms with van der Waals surface area (Å²) in [6.45, 7) is 2.11. The standard InChI is InChI=1S/C21H22F3N5O3/c1-12-8-14(9-28-18(12)32-11-21(22,23)24)13(2)29-10-15(20(4-5-20)19(29)31)16(26)17(30)27-7-3-6-25/h4-5,8-9,13,15,26H,3,7,10-11H2,1-2H3,(H,27,30). The highest BCUT2D eigenvalue weighted by Gasteiger charge is 2.60. The molecule has 8 nitrogen and oxygen atoms in total. The average molecular weight is 449 g/mol. The van der Waals surface area contributed by atoms with Crippen LogP contribution in [0.4, 0.5) is 13.2 Å². The van der Waals surface area contributed by atoms with Crippen LogP contribution in [0.5, 0.6) is 5.88 Å². The van der Waals surface area contributed by atoms with Crippen LogP contribution in [-0.2, 0) is 9.59 Å². The molecule has 11 heteroatoms. The van der Waals surface area contributed by atoms with Crippen LogP contribution in [0.15, 0.2) is 24.4 Å². The van der Waals surface area contributed by atoms with Crippen molar-refractivity contribution in [2.75, 3.05) is 19.7 Å². The van der Waals surface area contributed by atoms with E-state index >= 15 is 0 Å². The fourth-order valence-electron chi connectivity index (χ4n) is 3.74. The molecule has 32 heavy (non-hydrogen) atoms. The molecule has 0 saturated carbocycles. The van der Waals surface area contributed by atoms with Gasteiger partial charge in [-0.05, 0) is 25.5 Å². The van der Waals surface area contributed by atoms with Gasteiger partial charge in [-0.1, -0.05) is 12.2 Å². The van der Waals surface area contributed by atoms with E-state index in [1.807, 2.05) is 6.07 Å². The summed E-state index contributed by atoms with van der Waals surface area (Å²) in [5.41, 5.74) is -0.251. The Morgan fingerprint density at radius 1 is 1.50 bits per heavy atom. The number of carbonyl (C=O) groups excluding carboxylic acids is 2. The van der Waals surface area contributed by atoms with Crippen LogP contribution in [0.25, 0.3) is 0 Å². The Morgan fingerprint density at radius 3 is 2.75 bits per heavy atom. The Labute approximate surface area is 182 Å². The van der Waals surface area contributed by atoms with Crippen molar-refractivity contribution in [3.63, 3.8) is 0 Å². The number of nitrogens with zero attached hydrogens (tertiary/aromatic N) is 3. The maximum atomic E-state index is 13.1. The molecule has 2 heterocycles. The van der Waals surface area contributed by atoms with Crippen molar-refractivity contribution in [1.82, 2.24) is 15.2 Å². The van der Waals surface area contributed by atoms with Crippen LogP contribution in [-0.4, -0.2) is 53.3 Å². The molecule has 2 unspecified atom stereocenters. The molecule has 0 radical (unpaired) electrons. The first-order valence-corrected chi connectivity index (χ1v) is 9.91. The summed E-state index contributed by atoms with van der Waals surface area (Å²) in [5, 5.41) is 19.4. The number of nitriles is 1. The van der Waals surface area contributed by atoms with Gasteiger partial charge in [0.25, 0.3) is 5.91 Å². The SMILES string of the molecule is Cc1cc(C(C)N2CC(C(=N)C(=O)NCCC#N)C3(C=C3)C2=O)cnc1OCC(F)(F)F. The number of aryl methyl sites for hydroxylation is 1. The van der Waals surface area contributed by atoms with Gasteiger partial charge in [0, 0.05) is 30.8 Å². The Balaban J connectivity index is 1.72. The van der Waals surface area contributed by atoms with Gasteiger partial charge in [0.15, 0.2) is 6.61 Å². The third kappa shape index (κ3) is 4.59. The predicted molar refractivity (Wildman–Crippen MR) is 107 cm³/mol. The highest BCUT2D eigenvalue weighted by molar-refractivity contribution is 6.39. The number of hydrogen-bond acceptors (Lipinski definition) is 6. The van der Waals surface area contributed by atoms with Crippen molar-refractivity contribution in [2.45, 2.75) is 32.5 Å². The van der Waals surface area contributed by atoms with Gasteiger partial charge in [-0.25, -0.2) is 4.98 Å². The minimum absolute atomic E-state index is 0.115. The number of nitrogens with one attached hydrogen (secondary N) is 2. The quantitative estimate of drug-likeness (QED) is 0.359. The van der Waals surface area contributed by atoms with Crippen molar-refractivity contribution in [1.29, 1.82) is 10.7 Å². The molecule has 1 spiro atoms. The van der Waals surface area contributed by atoms with E-state index in [9.17, 15) is 22.8 Å². The van der Waals surface area contributed by atoms with Crippen molar-refractivity contribution < 1.29 is 27.5 Å². The van der Waals surface area contributed by atoms with E-state index in [4.69, 9.17) is 15.4 Å². The van der Waals surface area contributed by atoms with Gasteiger partial charge in [-0.15, -0.1) is 0 Å². The van der Waals surface area contributed by atoms with E-state index in [-0.39, 0.29) is 37.0 Å². The number of likely N-dealkylation sites (tertiary alicyclic amines) is 1. The summed E-state index contributed by atoms with van der Waals surface area (Å²) in [6.07, 6.45) is 0.331.